The number of nitrogens with zero attached hydrogens (tertiary/aromatic N) is 2. The lowest BCUT2D eigenvalue weighted by molar-refractivity contribution is 0.00710. The average Bonchev–Trinajstić information content (AvgIpc) is 2.97. The fourth-order valence-electron chi connectivity index (χ4n) is 3.11. The summed E-state index contributed by atoms with van der Waals surface area (Å²) in [6, 6.07) is 0. The van der Waals surface area contributed by atoms with Gasteiger partial charge in [0.05, 0.1) is 0 Å². The second-order valence-corrected chi connectivity index (χ2v) is 6.47. The van der Waals surface area contributed by atoms with Crippen molar-refractivity contribution in [3.8, 4) is 0 Å². The molecule has 0 fully saturated rings. The third kappa shape index (κ3) is 8.70. The Bertz CT molecular complexity index is 313. The van der Waals surface area contributed by atoms with Crippen LogP contribution in [0.5, 0.6) is 0 Å². The van der Waals surface area contributed by atoms with Crippen molar-refractivity contribution in [3.63, 3.8) is 0 Å². The van der Waals surface area contributed by atoms with Gasteiger partial charge in [0.15, 0.2) is 0 Å². The summed E-state index contributed by atoms with van der Waals surface area (Å²) in [5, 5.41) is 9.66. The van der Waals surface area contributed by atoms with Crippen LogP contribution in [0.1, 0.15) is 84.5 Å². The first-order chi connectivity index (χ1) is 10.8. The maximum Gasteiger partial charge on any atom is 0.106 e. The standard InChI is InChI=1S/C19H36N2O/c1-3-4-5-6-7-8-9-10-11-12-13-14-15-19-20-16-17-21(19)18(2)22/h3-4,16,18-19,22H,5-15,17H2,1-2H3/b4-3+. The molecule has 1 aliphatic heterocycles. The first-order valence-electron chi connectivity index (χ1n) is 9.32. The van der Waals surface area contributed by atoms with Crippen molar-refractivity contribution in [1.82, 2.24) is 4.90 Å². The van der Waals surface area contributed by atoms with Crippen molar-refractivity contribution in [2.75, 3.05) is 6.54 Å². The largest absolute Gasteiger partial charge is 0.379 e. The van der Waals surface area contributed by atoms with Gasteiger partial charge in [-0.1, -0.05) is 57.1 Å². The molecule has 2 unspecified atom stereocenters. The fourth-order valence-corrected chi connectivity index (χ4v) is 3.11. The summed E-state index contributed by atoms with van der Waals surface area (Å²) in [5.41, 5.74) is 0. The van der Waals surface area contributed by atoms with E-state index in [0.717, 1.165) is 13.0 Å². The summed E-state index contributed by atoms with van der Waals surface area (Å²) in [6.45, 7) is 4.73. The van der Waals surface area contributed by atoms with E-state index in [0.29, 0.717) is 0 Å². The summed E-state index contributed by atoms with van der Waals surface area (Å²) in [7, 11) is 0. The lowest BCUT2D eigenvalue weighted by Gasteiger charge is -2.25. The Morgan fingerprint density at radius 2 is 1.68 bits per heavy atom. The third-order valence-corrected chi connectivity index (χ3v) is 4.50. The van der Waals surface area contributed by atoms with Crippen molar-refractivity contribution in [1.29, 1.82) is 0 Å². The van der Waals surface area contributed by atoms with Crippen molar-refractivity contribution < 1.29 is 5.11 Å². The first kappa shape index (κ1) is 19.4. The average molecular weight is 309 g/mol. The summed E-state index contributed by atoms with van der Waals surface area (Å²) >= 11 is 0. The second kappa shape index (κ2) is 12.8. The Kier molecular flexibility index (Phi) is 11.3. The normalized spacial score (nSPS) is 20.2. The minimum Gasteiger partial charge on any atom is -0.379 e. The highest BCUT2D eigenvalue weighted by atomic mass is 16.3. The molecule has 1 heterocycles. The molecule has 0 spiro atoms. The highest BCUT2D eigenvalue weighted by molar-refractivity contribution is 5.62. The number of unbranched alkanes of at least 4 members (excludes halogenated alkanes) is 9. The van der Waals surface area contributed by atoms with Gasteiger partial charge in [-0.15, -0.1) is 0 Å². The van der Waals surface area contributed by atoms with Gasteiger partial charge >= 0.3 is 0 Å². The Balaban J connectivity index is 1.85. The van der Waals surface area contributed by atoms with E-state index in [2.05, 4.69) is 29.0 Å². The van der Waals surface area contributed by atoms with E-state index in [4.69, 9.17) is 0 Å². The van der Waals surface area contributed by atoms with Gasteiger partial charge in [0.25, 0.3) is 0 Å². The van der Waals surface area contributed by atoms with Crippen molar-refractivity contribution in [2.45, 2.75) is 96.9 Å². The van der Waals surface area contributed by atoms with Crippen LogP contribution in [-0.4, -0.2) is 35.2 Å². The van der Waals surface area contributed by atoms with Gasteiger partial charge < -0.3 is 5.11 Å². The third-order valence-electron chi connectivity index (χ3n) is 4.50. The lowest BCUT2D eigenvalue weighted by atomic mass is 10.1. The molecule has 0 aliphatic carbocycles. The minimum absolute atomic E-state index is 0.220. The van der Waals surface area contributed by atoms with Crippen LogP contribution < -0.4 is 0 Å². The van der Waals surface area contributed by atoms with Crippen molar-refractivity contribution in [3.05, 3.63) is 12.2 Å². The van der Waals surface area contributed by atoms with Gasteiger partial charge in [0.2, 0.25) is 0 Å². The quantitative estimate of drug-likeness (QED) is 0.388. The van der Waals surface area contributed by atoms with Crippen molar-refractivity contribution >= 4 is 6.21 Å². The molecule has 3 heteroatoms. The zero-order valence-corrected chi connectivity index (χ0v) is 14.7. The highest BCUT2D eigenvalue weighted by Crippen LogP contribution is 2.18. The summed E-state index contributed by atoms with van der Waals surface area (Å²) in [5.74, 6) is 0. The molecule has 0 saturated carbocycles. The maximum absolute atomic E-state index is 9.66. The van der Waals surface area contributed by atoms with Gasteiger partial charge in [-0.3, -0.25) is 9.89 Å². The van der Waals surface area contributed by atoms with E-state index in [1.165, 1.54) is 64.2 Å². The van der Waals surface area contributed by atoms with E-state index in [1.807, 2.05) is 13.1 Å². The number of rotatable bonds is 13. The molecule has 0 aromatic rings. The summed E-state index contributed by atoms with van der Waals surface area (Å²) in [4.78, 5) is 6.53. The smallest absolute Gasteiger partial charge is 0.106 e. The van der Waals surface area contributed by atoms with E-state index in [-0.39, 0.29) is 12.4 Å². The summed E-state index contributed by atoms with van der Waals surface area (Å²) in [6.07, 6.45) is 20.8. The number of allylic oxidation sites excluding steroid dienone is 2. The molecule has 0 aromatic carbocycles. The van der Waals surface area contributed by atoms with Crippen LogP contribution in [-0.2, 0) is 0 Å². The number of aliphatic hydroxyl groups excluding tert-OH is 1. The van der Waals surface area contributed by atoms with E-state index in [1.54, 1.807) is 0 Å². The van der Waals surface area contributed by atoms with Crippen molar-refractivity contribution in [2.24, 2.45) is 4.99 Å². The Hall–Kier alpha value is -0.670. The van der Waals surface area contributed by atoms with Crippen LogP contribution in [0.25, 0.3) is 0 Å². The summed E-state index contributed by atoms with van der Waals surface area (Å²) < 4.78 is 0. The predicted octanol–water partition coefficient (Wildman–Crippen LogP) is 4.90. The van der Waals surface area contributed by atoms with Gasteiger partial charge in [-0.25, -0.2) is 0 Å². The molecule has 1 rings (SSSR count). The van der Waals surface area contributed by atoms with E-state index < -0.39 is 0 Å². The molecule has 3 nitrogen and oxygen atoms in total. The molecule has 0 radical (unpaired) electrons. The van der Waals surface area contributed by atoms with E-state index in [9.17, 15) is 5.11 Å². The molecule has 0 amide bonds. The zero-order chi connectivity index (χ0) is 16.0. The van der Waals surface area contributed by atoms with Gasteiger partial charge in [0, 0.05) is 12.8 Å². The SMILES string of the molecule is C/C=C/CCCCCCCCCCCC1N=CCN1C(C)O. The minimum atomic E-state index is -0.375. The topological polar surface area (TPSA) is 35.8 Å². The molecule has 22 heavy (non-hydrogen) atoms. The maximum atomic E-state index is 9.66. The highest BCUT2D eigenvalue weighted by Gasteiger charge is 2.23. The molecular weight excluding hydrogens is 272 g/mol. The Labute approximate surface area is 137 Å². The number of hydrogen-bond donors (Lipinski definition) is 1. The Morgan fingerprint density at radius 1 is 1.09 bits per heavy atom. The van der Waals surface area contributed by atoms with Crippen LogP contribution in [0.15, 0.2) is 17.1 Å². The molecular formula is C19H36N2O. The molecule has 2 atom stereocenters. The second-order valence-electron chi connectivity index (χ2n) is 6.47. The monoisotopic (exact) mass is 308 g/mol. The van der Waals surface area contributed by atoms with Crippen LogP contribution >= 0.6 is 0 Å². The fraction of sp³-hybridized carbons (Fsp3) is 0.842. The van der Waals surface area contributed by atoms with E-state index >= 15 is 0 Å². The number of hydrogen-bond acceptors (Lipinski definition) is 3. The molecule has 1 aliphatic rings. The van der Waals surface area contributed by atoms with Crippen LogP contribution in [0.2, 0.25) is 0 Å². The number of aliphatic imine (C=N–C) groups is 1. The zero-order valence-electron chi connectivity index (χ0n) is 14.7. The van der Waals surface area contributed by atoms with Crippen LogP contribution in [0, 0.1) is 0 Å². The molecule has 0 aromatic heterocycles. The van der Waals surface area contributed by atoms with Crippen LogP contribution in [0.4, 0.5) is 0 Å². The molecule has 1 N–H and O–H groups in total. The predicted molar refractivity (Wildman–Crippen MR) is 96.3 cm³/mol. The van der Waals surface area contributed by atoms with Gasteiger partial charge in [-0.05, 0) is 39.5 Å². The number of aliphatic hydroxyl groups is 1. The molecule has 0 saturated heterocycles. The molecule has 0 bridgehead atoms. The molecule has 128 valence electrons. The lowest BCUT2D eigenvalue weighted by Crippen LogP contribution is -2.37. The van der Waals surface area contributed by atoms with Crippen LogP contribution in [0.3, 0.4) is 0 Å². The van der Waals surface area contributed by atoms with Gasteiger partial charge in [-0.2, -0.15) is 0 Å². The van der Waals surface area contributed by atoms with Gasteiger partial charge in [0.1, 0.15) is 12.4 Å². The Morgan fingerprint density at radius 3 is 2.27 bits per heavy atom. The first-order valence-corrected chi connectivity index (χ1v) is 9.32.